The molecule has 0 spiro atoms. The van der Waals surface area contributed by atoms with Crippen LogP contribution in [-0.2, 0) is 14.4 Å². The minimum absolute atomic E-state index is 0.0640. The van der Waals surface area contributed by atoms with E-state index < -0.39 is 11.8 Å². The molecular weight excluding hydrogens is 156 g/mol. The molecule has 1 aliphatic rings. The molecule has 0 bridgehead atoms. The highest BCUT2D eigenvalue weighted by atomic mass is 16.2. The van der Waals surface area contributed by atoms with E-state index in [1.54, 1.807) is 6.92 Å². The second kappa shape index (κ2) is 3.61. The number of rotatable bonds is 2. The molecule has 1 saturated carbocycles. The highest BCUT2D eigenvalue weighted by Gasteiger charge is 2.33. The normalized spacial score (nSPS) is 22.4. The fraction of sp³-hybridized carbons (Fsp3) is 0.667. The molecule has 66 valence electrons. The lowest BCUT2D eigenvalue weighted by Crippen LogP contribution is -2.34. The lowest BCUT2D eigenvalue weighted by Gasteiger charge is -2.21. The molecule has 0 radical (unpaired) electrons. The molecule has 0 aliphatic heterocycles. The minimum atomic E-state index is -0.642. The Bertz CT molecular complexity index is 204. The van der Waals surface area contributed by atoms with E-state index in [2.05, 4.69) is 0 Å². The van der Waals surface area contributed by atoms with E-state index in [1.807, 2.05) is 0 Å². The monoisotopic (exact) mass is 168 g/mol. The Morgan fingerprint density at radius 3 is 2.25 bits per heavy atom. The van der Waals surface area contributed by atoms with Crippen molar-refractivity contribution in [2.24, 2.45) is 11.8 Å². The first kappa shape index (κ1) is 9.10. The lowest BCUT2D eigenvalue weighted by atomic mass is 9.79. The molecule has 0 saturated heterocycles. The van der Waals surface area contributed by atoms with E-state index in [4.69, 9.17) is 0 Å². The maximum atomic E-state index is 11.2. The summed E-state index contributed by atoms with van der Waals surface area (Å²) in [7, 11) is 0. The van der Waals surface area contributed by atoms with Gasteiger partial charge in [0.25, 0.3) is 0 Å². The molecule has 3 nitrogen and oxygen atoms in total. The van der Waals surface area contributed by atoms with Crippen LogP contribution in [0.5, 0.6) is 0 Å². The van der Waals surface area contributed by atoms with Gasteiger partial charge in [-0.15, -0.1) is 0 Å². The van der Waals surface area contributed by atoms with Gasteiger partial charge in [0.15, 0.2) is 0 Å². The smallest absolute Gasteiger partial charge is 0.144 e. The molecule has 1 atom stereocenters. The van der Waals surface area contributed by atoms with Gasteiger partial charge in [-0.1, -0.05) is 6.92 Å². The van der Waals surface area contributed by atoms with Crippen LogP contribution in [0.15, 0.2) is 0 Å². The number of carbonyl (C=O) groups excluding carboxylic acids is 3. The predicted molar refractivity (Wildman–Crippen MR) is 42.6 cm³/mol. The number of Topliss-reactive ketones (excluding diaryl/α,β-unsaturated/α-hetero) is 2. The van der Waals surface area contributed by atoms with E-state index in [-0.39, 0.29) is 11.6 Å². The molecule has 1 unspecified atom stereocenters. The number of aldehydes is 1. The van der Waals surface area contributed by atoms with Crippen LogP contribution < -0.4 is 0 Å². The second-order valence-electron chi connectivity index (χ2n) is 3.26. The Labute approximate surface area is 71.1 Å². The van der Waals surface area contributed by atoms with Crippen LogP contribution in [-0.4, -0.2) is 17.9 Å². The van der Waals surface area contributed by atoms with E-state index in [0.29, 0.717) is 25.5 Å². The molecule has 0 amide bonds. The fourth-order valence-electron chi connectivity index (χ4n) is 1.59. The third-order valence-corrected chi connectivity index (χ3v) is 2.28. The zero-order valence-corrected chi connectivity index (χ0v) is 7.08. The molecule has 12 heavy (non-hydrogen) atoms. The Hall–Kier alpha value is -0.990. The highest BCUT2D eigenvalue weighted by molar-refractivity contribution is 6.06. The molecule has 0 N–H and O–H groups in total. The molecular formula is C9H12O3. The molecule has 3 heteroatoms. The Balaban J connectivity index is 2.75. The third kappa shape index (κ3) is 1.60. The summed E-state index contributed by atoms with van der Waals surface area (Å²) in [5.74, 6) is -1.21. The van der Waals surface area contributed by atoms with Gasteiger partial charge in [-0.2, -0.15) is 0 Å². The number of hydrogen-bond donors (Lipinski definition) is 0. The van der Waals surface area contributed by atoms with Crippen molar-refractivity contribution in [1.29, 1.82) is 0 Å². The zero-order chi connectivity index (χ0) is 9.14. The highest BCUT2D eigenvalue weighted by Crippen LogP contribution is 2.22. The van der Waals surface area contributed by atoms with Crippen molar-refractivity contribution in [2.45, 2.75) is 26.2 Å². The van der Waals surface area contributed by atoms with Crippen molar-refractivity contribution in [3.05, 3.63) is 0 Å². The predicted octanol–water partition coefficient (Wildman–Crippen LogP) is 0.760. The van der Waals surface area contributed by atoms with Crippen LogP contribution in [0.1, 0.15) is 26.2 Å². The molecule has 0 aromatic carbocycles. The summed E-state index contributed by atoms with van der Waals surface area (Å²) in [4.78, 5) is 32.8. The van der Waals surface area contributed by atoms with Crippen LogP contribution >= 0.6 is 0 Å². The molecule has 1 aliphatic carbocycles. The van der Waals surface area contributed by atoms with Gasteiger partial charge < -0.3 is 4.79 Å². The maximum absolute atomic E-state index is 11.2. The van der Waals surface area contributed by atoms with Crippen molar-refractivity contribution in [3.63, 3.8) is 0 Å². The quantitative estimate of drug-likeness (QED) is 0.452. The van der Waals surface area contributed by atoms with E-state index in [1.165, 1.54) is 0 Å². The fourth-order valence-corrected chi connectivity index (χ4v) is 1.59. The molecule has 0 aromatic rings. The SMILES string of the molecule is CC(C=O)C1C(=O)CCCC1=O. The van der Waals surface area contributed by atoms with Crippen LogP contribution in [0.3, 0.4) is 0 Å². The number of ketones is 2. The summed E-state index contributed by atoms with van der Waals surface area (Å²) in [6.45, 7) is 1.62. The average Bonchev–Trinajstić information content (AvgIpc) is 2.03. The number of hydrogen-bond acceptors (Lipinski definition) is 3. The first-order valence-electron chi connectivity index (χ1n) is 4.17. The van der Waals surface area contributed by atoms with Crippen LogP contribution in [0.2, 0.25) is 0 Å². The molecule has 0 heterocycles. The Morgan fingerprint density at radius 2 is 1.83 bits per heavy atom. The molecule has 0 aromatic heterocycles. The standard InChI is InChI=1S/C9H12O3/c1-6(5-10)9-7(11)3-2-4-8(9)12/h5-6,9H,2-4H2,1H3. The van der Waals surface area contributed by atoms with Crippen molar-refractivity contribution >= 4 is 17.9 Å². The number of carbonyl (C=O) groups is 3. The summed E-state index contributed by atoms with van der Waals surface area (Å²) in [6, 6.07) is 0. The maximum Gasteiger partial charge on any atom is 0.144 e. The summed E-state index contributed by atoms with van der Waals surface area (Å²) in [5.41, 5.74) is 0. The summed E-state index contributed by atoms with van der Waals surface area (Å²) in [5, 5.41) is 0. The Kier molecular flexibility index (Phi) is 2.74. The van der Waals surface area contributed by atoms with Crippen LogP contribution in [0.4, 0.5) is 0 Å². The van der Waals surface area contributed by atoms with Crippen molar-refractivity contribution in [1.82, 2.24) is 0 Å². The summed E-state index contributed by atoms with van der Waals surface area (Å²) >= 11 is 0. The molecule has 1 rings (SSSR count). The van der Waals surface area contributed by atoms with Crippen molar-refractivity contribution in [2.75, 3.05) is 0 Å². The van der Waals surface area contributed by atoms with Crippen molar-refractivity contribution < 1.29 is 14.4 Å². The third-order valence-electron chi connectivity index (χ3n) is 2.28. The molecule has 1 fully saturated rings. The topological polar surface area (TPSA) is 51.2 Å². The van der Waals surface area contributed by atoms with Gasteiger partial charge in [0.05, 0.1) is 5.92 Å². The van der Waals surface area contributed by atoms with E-state index in [9.17, 15) is 14.4 Å². The first-order valence-corrected chi connectivity index (χ1v) is 4.17. The second-order valence-corrected chi connectivity index (χ2v) is 3.26. The summed E-state index contributed by atoms with van der Waals surface area (Å²) < 4.78 is 0. The van der Waals surface area contributed by atoms with Crippen LogP contribution in [0, 0.1) is 11.8 Å². The largest absolute Gasteiger partial charge is 0.303 e. The van der Waals surface area contributed by atoms with Crippen LogP contribution in [0.25, 0.3) is 0 Å². The summed E-state index contributed by atoms with van der Waals surface area (Å²) in [6.07, 6.45) is 2.24. The van der Waals surface area contributed by atoms with E-state index >= 15 is 0 Å². The average molecular weight is 168 g/mol. The van der Waals surface area contributed by atoms with Gasteiger partial charge in [0.2, 0.25) is 0 Å². The van der Waals surface area contributed by atoms with Crippen molar-refractivity contribution in [3.8, 4) is 0 Å². The minimum Gasteiger partial charge on any atom is -0.303 e. The van der Waals surface area contributed by atoms with Gasteiger partial charge in [0, 0.05) is 18.8 Å². The lowest BCUT2D eigenvalue weighted by molar-refractivity contribution is -0.139. The Morgan fingerprint density at radius 1 is 1.33 bits per heavy atom. The van der Waals surface area contributed by atoms with Gasteiger partial charge in [-0.3, -0.25) is 9.59 Å². The zero-order valence-electron chi connectivity index (χ0n) is 7.08. The van der Waals surface area contributed by atoms with E-state index in [0.717, 1.165) is 0 Å². The van der Waals surface area contributed by atoms with Gasteiger partial charge >= 0.3 is 0 Å². The van der Waals surface area contributed by atoms with Gasteiger partial charge in [0.1, 0.15) is 17.9 Å². The van der Waals surface area contributed by atoms with Gasteiger partial charge in [-0.05, 0) is 6.42 Å². The van der Waals surface area contributed by atoms with Gasteiger partial charge in [-0.25, -0.2) is 0 Å². The first-order chi connectivity index (χ1) is 5.66.